The van der Waals surface area contributed by atoms with Crippen molar-refractivity contribution in [3.8, 4) is 0 Å². The van der Waals surface area contributed by atoms with Crippen molar-refractivity contribution in [1.82, 2.24) is 0 Å². The smallest absolute Gasteiger partial charge is 0.354 e. The topological polar surface area (TPSA) is 29.5 Å². The van der Waals surface area contributed by atoms with Crippen LogP contribution in [0.5, 0.6) is 0 Å². The molecule has 1 aliphatic heterocycles. The fourth-order valence-corrected chi connectivity index (χ4v) is 1.60. The Bertz CT molecular complexity index is 308. The van der Waals surface area contributed by atoms with E-state index in [2.05, 4.69) is 4.74 Å². The Morgan fingerprint density at radius 3 is 1.50 bits per heavy atom. The third-order valence-corrected chi connectivity index (χ3v) is 3.50. The molecule has 0 radical (unpaired) electrons. The summed E-state index contributed by atoms with van der Waals surface area (Å²) in [6.07, 6.45) is -5.55. The summed E-state index contributed by atoms with van der Waals surface area (Å²) in [5.41, 5.74) is -3.95. The SMILES string of the molecule is CC1(C)OC(O)(C(F)(F)F)C(F)(F)C1(C)C. The van der Waals surface area contributed by atoms with E-state index in [-0.39, 0.29) is 0 Å². The van der Waals surface area contributed by atoms with Crippen LogP contribution in [0.1, 0.15) is 27.7 Å². The van der Waals surface area contributed by atoms with Crippen LogP contribution in [-0.4, -0.2) is 28.6 Å². The summed E-state index contributed by atoms with van der Waals surface area (Å²) in [5, 5.41) is 9.13. The number of aliphatic hydroxyl groups is 1. The highest BCUT2D eigenvalue weighted by molar-refractivity contribution is 5.13. The highest BCUT2D eigenvalue weighted by Gasteiger charge is 2.84. The predicted octanol–water partition coefficient (Wildman–Crippen LogP) is 2.71. The minimum atomic E-state index is -5.55. The lowest BCUT2D eigenvalue weighted by molar-refractivity contribution is -0.414. The van der Waals surface area contributed by atoms with Crippen LogP contribution in [0.2, 0.25) is 0 Å². The largest absolute Gasteiger partial charge is 0.449 e. The minimum Gasteiger partial charge on any atom is -0.354 e. The second-order valence-corrected chi connectivity index (χ2v) is 4.95. The van der Waals surface area contributed by atoms with E-state index in [1.165, 1.54) is 0 Å². The van der Waals surface area contributed by atoms with Gasteiger partial charge in [-0.1, -0.05) is 13.8 Å². The van der Waals surface area contributed by atoms with Gasteiger partial charge in [-0.25, -0.2) is 0 Å². The highest BCUT2D eigenvalue weighted by atomic mass is 19.4. The Hall–Kier alpha value is -0.430. The molecule has 1 fully saturated rings. The van der Waals surface area contributed by atoms with Gasteiger partial charge < -0.3 is 9.84 Å². The molecule has 1 aliphatic rings. The van der Waals surface area contributed by atoms with Gasteiger partial charge in [0.05, 0.1) is 11.0 Å². The summed E-state index contributed by atoms with van der Waals surface area (Å²) in [4.78, 5) is 0. The molecule has 0 amide bonds. The average molecular weight is 248 g/mol. The normalized spacial score (nSPS) is 36.4. The van der Waals surface area contributed by atoms with E-state index in [9.17, 15) is 22.0 Å². The maximum atomic E-state index is 13.7. The number of hydrogen-bond donors (Lipinski definition) is 1. The molecule has 1 saturated heterocycles. The Balaban J connectivity index is 3.41. The van der Waals surface area contributed by atoms with Crippen LogP contribution in [0.3, 0.4) is 0 Å². The van der Waals surface area contributed by atoms with Gasteiger partial charge in [0.1, 0.15) is 0 Å². The fraction of sp³-hybridized carbons (Fsp3) is 1.00. The van der Waals surface area contributed by atoms with Crippen LogP contribution in [-0.2, 0) is 4.74 Å². The van der Waals surface area contributed by atoms with Crippen LogP contribution in [0.4, 0.5) is 22.0 Å². The zero-order valence-electron chi connectivity index (χ0n) is 9.25. The molecule has 7 heteroatoms. The molecule has 2 nitrogen and oxygen atoms in total. The van der Waals surface area contributed by atoms with E-state index in [0.29, 0.717) is 0 Å². The molecule has 0 aliphatic carbocycles. The number of rotatable bonds is 0. The molecule has 0 aromatic rings. The summed E-state index contributed by atoms with van der Waals surface area (Å²) in [5.74, 6) is -8.87. The van der Waals surface area contributed by atoms with Gasteiger partial charge in [-0.2, -0.15) is 22.0 Å². The highest BCUT2D eigenvalue weighted by Crippen LogP contribution is 2.63. The van der Waals surface area contributed by atoms with Crippen LogP contribution in [0, 0.1) is 5.41 Å². The van der Waals surface area contributed by atoms with Gasteiger partial charge in [0, 0.05) is 0 Å². The van der Waals surface area contributed by atoms with Crippen molar-refractivity contribution in [1.29, 1.82) is 0 Å². The molecule has 1 unspecified atom stereocenters. The van der Waals surface area contributed by atoms with Gasteiger partial charge in [-0.15, -0.1) is 0 Å². The van der Waals surface area contributed by atoms with Crippen molar-refractivity contribution >= 4 is 0 Å². The summed E-state index contributed by atoms with van der Waals surface area (Å²) in [6, 6.07) is 0. The number of alkyl halides is 5. The molecule has 1 rings (SSSR count). The maximum absolute atomic E-state index is 13.7. The lowest BCUT2D eigenvalue weighted by atomic mass is 9.73. The third kappa shape index (κ3) is 1.24. The van der Waals surface area contributed by atoms with Crippen molar-refractivity contribution in [2.75, 3.05) is 0 Å². The van der Waals surface area contributed by atoms with E-state index in [1.807, 2.05) is 0 Å². The van der Waals surface area contributed by atoms with Crippen molar-refractivity contribution in [2.24, 2.45) is 5.41 Å². The van der Waals surface area contributed by atoms with Crippen LogP contribution in [0.15, 0.2) is 0 Å². The lowest BCUT2D eigenvalue weighted by Crippen LogP contribution is -2.59. The third-order valence-electron chi connectivity index (χ3n) is 3.50. The van der Waals surface area contributed by atoms with Gasteiger partial charge in [0.2, 0.25) is 0 Å². The van der Waals surface area contributed by atoms with Gasteiger partial charge >= 0.3 is 17.9 Å². The molecule has 0 saturated carbocycles. The van der Waals surface area contributed by atoms with Crippen LogP contribution in [0.25, 0.3) is 0 Å². The zero-order valence-corrected chi connectivity index (χ0v) is 9.25. The molecule has 16 heavy (non-hydrogen) atoms. The quantitative estimate of drug-likeness (QED) is 0.668. The molecule has 96 valence electrons. The Morgan fingerprint density at radius 1 is 1.00 bits per heavy atom. The fourth-order valence-electron chi connectivity index (χ4n) is 1.60. The minimum absolute atomic E-state index is 0.927. The van der Waals surface area contributed by atoms with Gasteiger partial charge in [-0.3, -0.25) is 0 Å². The first-order chi connectivity index (χ1) is 6.71. The molecule has 1 heterocycles. The number of halogens is 5. The molecular weight excluding hydrogens is 235 g/mol. The molecule has 0 spiro atoms. The molecular formula is C9H13F5O2. The van der Waals surface area contributed by atoms with Crippen molar-refractivity contribution in [3.05, 3.63) is 0 Å². The number of ether oxygens (including phenoxy) is 1. The second-order valence-electron chi connectivity index (χ2n) is 4.95. The average Bonchev–Trinajstić information content (AvgIpc) is 2.07. The van der Waals surface area contributed by atoms with E-state index < -0.39 is 28.9 Å². The van der Waals surface area contributed by atoms with E-state index in [1.54, 1.807) is 0 Å². The van der Waals surface area contributed by atoms with Crippen LogP contribution < -0.4 is 0 Å². The van der Waals surface area contributed by atoms with E-state index >= 15 is 0 Å². The first kappa shape index (κ1) is 13.6. The van der Waals surface area contributed by atoms with E-state index in [0.717, 1.165) is 27.7 Å². The van der Waals surface area contributed by atoms with Gasteiger partial charge in [0.15, 0.2) is 0 Å². The molecule has 0 aromatic heterocycles. The molecule has 1 atom stereocenters. The van der Waals surface area contributed by atoms with Crippen LogP contribution >= 0.6 is 0 Å². The van der Waals surface area contributed by atoms with Crippen molar-refractivity contribution in [3.63, 3.8) is 0 Å². The van der Waals surface area contributed by atoms with Crippen molar-refractivity contribution in [2.45, 2.75) is 51.2 Å². The molecule has 0 bridgehead atoms. The van der Waals surface area contributed by atoms with Gasteiger partial charge in [-0.05, 0) is 13.8 Å². The zero-order chi connectivity index (χ0) is 13.2. The Kier molecular flexibility index (Phi) is 2.45. The first-order valence-electron chi connectivity index (χ1n) is 4.58. The van der Waals surface area contributed by atoms with Gasteiger partial charge in [0.25, 0.3) is 0 Å². The summed E-state index contributed by atoms with van der Waals surface area (Å²) >= 11 is 0. The summed E-state index contributed by atoms with van der Waals surface area (Å²) in [7, 11) is 0. The second kappa shape index (κ2) is 2.87. The predicted molar refractivity (Wildman–Crippen MR) is 44.9 cm³/mol. The van der Waals surface area contributed by atoms with E-state index in [4.69, 9.17) is 5.11 Å². The monoisotopic (exact) mass is 248 g/mol. The Morgan fingerprint density at radius 2 is 1.38 bits per heavy atom. The first-order valence-corrected chi connectivity index (χ1v) is 4.58. The Labute approximate surface area is 89.4 Å². The number of hydrogen-bond acceptors (Lipinski definition) is 2. The maximum Gasteiger partial charge on any atom is 0.449 e. The summed E-state index contributed by atoms with van der Waals surface area (Å²) in [6.45, 7) is 4.03. The lowest BCUT2D eigenvalue weighted by Gasteiger charge is -2.36. The molecule has 1 N–H and O–H groups in total. The summed E-state index contributed by atoms with van der Waals surface area (Å²) < 4.78 is 69.0. The standard InChI is InChI=1S/C9H13F5O2/c1-5(2)6(3,4)16-8(15,7(5,10)11)9(12,13)14/h15H,1-4H3. The van der Waals surface area contributed by atoms with Crippen molar-refractivity contribution < 1.29 is 31.8 Å². The molecule has 0 aromatic carbocycles.